The van der Waals surface area contributed by atoms with Crippen LogP contribution in [0.1, 0.15) is 0 Å². The predicted molar refractivity (Wildman–Crippen MR) is 43.5 cm³/mol. The molecule has 0 atom stereocenters. The lowest BCUT2D eigenvalue weighted by Crippen LogP contribution is -1.82. The topological polar surface area (TPSA) is 61.8 Å². The predicted octanol–water partition coefficient (Wildman–Crippen LogP) is 1.18. The number of pyridine rings is 1. The van der Waals surface area contributed by atoms with Crippen LogP contribution >= 0.6 is 0 Å². The zero-order valence-corrected chi connectivity index (χ0v) is 6.23. The maximum Gasteiger partial charge on any atom is 0.208 e. The van der Waals surface area contributed by atoms with E-state index in [4.69, 9.17) is 5.11 Å². The molecule has 2 aromatic heterocycles. The number of imidazole rings is 1. The van der Waals surface area contributed by atoms with Gasteiger partial charge in [0.15, 0.2) is 5.82 Å². The van der Waals surface area contributed by atoms with E-state index in [1.165, 1.54) is 6.20 Å². The molecule has 2 N–H and O–H groups in total. The van der Waals surface area contributed by atoms with Gasteiger partial charge in [0, 0.05) is 6.20 Å². The first-order chi connectivity index (χ1) is 5.86. The molecule has 0 aliphatic carbocycles. The smallest absolute Gasteiger partial charge is 0.208 e. The fourth-order valence-electron chi connectivity index (χ4n) is 0.945. The van der Waals surface area contributed by atoms with Crippen LogP contribution in [-0.4, -0.2) is 20.1 Å². The lowest BCUT2D eigenvalue weighted by molar-refractivity contribution is 0.457. The van der Waals surface area contributed by atoms with Crippen LogP contribution in [0.4, 0.5) is 0 Å². The van der Waals surface area contributed by atoms with Crippen LogP contribution in [0.15, 0.2) is 30.6 Å². The lowest BCUT2D eigenvalue weighted by atomic mass is 10.3. The van der Waals surface area contributed by atoms with E-state index in [-0.39, 0.29) is 5.88 Å². The van der Waals surface area contributed by atoms with Crippen LogP contribution in [-0.2, 0) is 0 Å². The Labute approximate surface area is 68.9 Å². The fraction of sp³-hybridized carbons (Fsp3) is 0. The molecule has 12 heavy (non-hydrogen) atoms. The summed E-state index contributed by atoms with van der Waals surface area (Å²) in [5.41, 5.74) is 0.720. The zero-order chi connectivity index (χ0) is 8.39. The summed E-state index contributed by atoms with van der Waals surface area (Å²) in [5, 5.41) is 8.97. The minimum atomic E-state index is 0.0515. The summed E-state index contributed by atoms with van der Waals surface area (Å²) in [7, 11) is 0. The highest BCUT2D eigenvalue weighted by atomic mass is 16.3. The third-order valence-corrected chi connectivity index (χ3v) is 1.47. The fourth-order valence-corrected chi connectivity index (χ4v) is 0.945. The van der Waals surface area contributed by atoms with Gasteiger partial charge >= 0.3 is 0 Å². The summed E-state index contributed by atoms with van der Waals surface area (Å²) < 4.78 is 0. The number of rotatable bonds is 1. The number of hydrogen-bond acceptors (Lipinski definition) is 3. The molecule has 0 saturated heterocycles. The molecule has 0 bridgehead atoms. The molecule has 0 unspecified atom stereocenters. The van der Waals surface area contributed by atoms with Gasteiger partial charge in [-0.1, -0.05) is 6.07 Å². The maximum atomic E-state index is 8.97. The Hall–Kier alpha value is -1.84. The van der Waals surface area contributed by atoms with Crippen molar-refractivity contribution in [3.05, 3.63) is 30.6 Å². The molecule has 0 radical (unpaired) electrons. The van der Waals surface area contributed by atoms with Crippen LogP contribution in [0.25, 0.3) is 11.5 Å². The number of aromatic hydroxyl groups is 1. The number of aromatic nitrogens is 3. The summed E-state index contributed by atoms with van der Waals surface area (Å²) in [5.74, 6) is 0.628. The quantitative estimate of drug-likeness (QED) is 0.660. The minimum absolute atomic E-state index is 0.0515. The van der Waals surface area contributed by atoms with Crippen molar-refractivity contribution in [2.24, 2.45) is 0 Å². The van der Waals surface area contributed by atoms with Gasteiger partial charge < -0.3 is 10.1 Å². The van der Waals surface area contributed by atoms with E-state index in [1.807, 2.05) is 18.2 Å². The number of H-pyrrole nitrogens is 1. The summed E-state index contributed by atoms with van der Waals surface area (Å²) in [4.78, 5) is 10.6. The Kier molecular flexibility index (Phi) is 1.51. The maximum absolute atomic E-state index is 8.97. The molecular formula is C8H7N3O. The van der Waals surface area contributed by atoms with E-state index in [0.717, 1.165) is 5.69 Å². The molecule has 2 heterocycles. The molecule has 4 heteroatoms. The molecule has 0 amide bonds. The molecular weight excluding hydrogens is 154 g/mol. The van der Waals surface area contributed by atoms with Crippen LogP contribution in [0.2, 0.25) is 0 Å². The van der Waals surface area contributed by atoms with Crippen LogP contribution in [0.3, 0.4) is 0 Å². The third-order valence-electron chi connectivity index (χ3n) is 1.47. The Morgan fingerprint density at radius 3 is 2.75 bits per heavy atom. The summed E-state index contributed by atoms with van der Waals surface area (Å²) in [6, 6.07) is 5.51. The van der Waals surface area contributed by atoms with Crippen LogP contribution < -0.4 is 0 Å². The number of nitrogens with zero attached hydrogens (tertiary/aromatic N) is 2. The van der Waals surface area contributed by atoms with E-state index >= 15 is 0 Å². The van der Waals surface area contributed by atoms with E-state index in [2.05, 4.69) is 15.0 Å². The molecule has 60 valence electrons. The van der Waals surface area contributed by atoms with E-state index in [1.54, 1.807) is 6.20 Å². The standard InChI is InChI=1S/C8H7N3O/c12-7-5-10-8(11-7)6-3-1-2-4-9-6/h1-5,12H,(H,10,11). The molecule has 2 rings (SSSR count). The Morgan fingerprint density at radius 2 is 2.17 bits per heavy atom. The second-order valence-corrected chi connectivity index (χ2v) is 2.33. The normalized spacial score (nSPS) is 10.0. The Bertz CT molecular complexity index is 369. The summed E-state index contributed by atoms with van der Waals surface area (Å²) >= 11 is 0. The van der Waals surface area contributed by atoms with E-state index in [0.29, 0.717) is 5.82 Å². The average molecular weight is 161 g/mol. The minimum Gasteiger partial charge on any atom is -0.493 e. The highest BCUT2D eigenvalue weighted by molar-refractivity contribution is 5.49. The zero-order valence-electron chi connectivity index (χ0n) is 6.23. The van der Waals surface area contributed by atoms with E-state index < -0.39 is 0 Å². The van der Waals surface area contributed by atoms with Gasteiger partial charge in [-0.2, -0.15) is 0 Å². The van der Waals surface area contributed by atoms with Gasteiger partial charge in [-0.25, -0.2) is 4.98 Å². The van der Waals surface area contributed by atoms with Crippen molar-refractivity contribution in [3.8, 4) is 17.4 Å². The van der Waals surface area contributed by atoms with Crippen molar-refractivity contribution in [3.63, 3.8) is 0 Å². The Balaban J connectivity index is 2.45. The second-order valence-electron chi connectivity index (χ2n) is 2.33. The van der Waals surface area contributed by atoms with Crippen molar-refractivity contribution in [2.75, 3.05) is 0 Å². The van der Waals surface area contributed by atoms with Crippen molar-refractivity contribution < 1.29 is 5.11 Å². The number of nitrogens with one attached hydrogen (secondary N) is 1. The first kappa shape index (κ1) is 6.84. The highest BCUT2D eigenvalue weighted by Crippen LogP contribution is 2.13. The second kappa shape index (κ2) is 2.65. The molecule has 0 aliphatic rings. The van der Waals surface area contributed by atoms with Crippen LogP contribution in [0.5, 0.6) is 5.88 Å². The van der Waals surface area contributed by atoms with Gasteiger partial charge in [-0.05, 0) is 12.1 Å². The van der Waals surface area contributed by atoms with Gasteiger partial charge in [-0.3, -0.25) is 4.98 Å². The SMILES string of the molecule is Oc1cnc(-c2ccccn2)[nH]1. The molecule has 0 fully saturated rings. The third kappa shape index (κ3) is 1.14. The van der Waals surface area contributed by atoms with Gasteiger partial charge in [0.25, 0.3) is 0 Å². The summed E-state index contributed by atoms with van der Waals surface area (Å²) in [6.45, 7) is 0. The molecule has 2 aromatic rings. The van der Waals surface area contributed by atoms with Gasteiger partial charge in [0.05, 0.1) is 6.20 Å². The first-order valence-corrected chi connectivity index (χ1v) is 3.51. The highest BCUT2D eigenvalue weighted by Gasteiger charge is 2.01. The van der Waals surface area contributed by atoms with Gasteiger partial charge in [0.1, 0.15) is 5.69 Å². The lowest BCUT2D eigenvalue weighted by Gasteiger charge is -1.92. The molecule has 0 spiro atoms. The summed E-state index contributed by atoms with van der Waals surface area (Å²) in [6.07, 6.45) is 3.03. The number of aromatic amines is 1. The number of hydrogen-bond donors (Lipinski definition) is 2. The molecule has 4 nitrogen and oxygen atoms in total. The van der Waals surface area contributed by atoms with Gasteiger partial charge in [-0.15, -0.1) is 0 Å². The van der Waals surface area contributed by atoms with Crippen molar-refractivity contribution >= 4 is 0 Å². The van der Waals surface area contributed by atoms with Crippen LogP contribution in [0, 0.1) is 0 Å². The Morgan fingerprint density at radius 1 is 1.25 bits per heavy atom. The van der Waals surface area contributed by atoms with Crippen molar-refractivity contribution in [2.45, 2.75) is 0 Å². The molecule has 0 saturated carbocycles. The average Bonchev–Trinajstić information content (AvgIpc) is 2.54. The molecule has 0 aliphatic heterocycles. The monoisotopic (exact) mass is 161 g/mol. The largest absolute Gasteiger partial charge is 0.493 e. The molecule has 0 aromatic carbocycles. The first-order valence-electron chi connectivity index (χ1n) is 3.51. The van der Waals surface area contributed by atoms with Gasteiger partial charge in [0.2, 0.25) is 5.88 Å². The van der Waals surface area contributed by atoms with Crippen molar-refractivity contribution in [1.29, 1.82) is 0 Å². The van der Waals surface area contributed by atoms with Crippen molar-refractivity contribution in [1.82, 2.24) is 15.0 Å². The van der Waals surface area contributed by atoms with E-state index in [9.17, 15) is 0 Å².